The van der Waals surface area contributed by atoms with E-state index in [2.05, 4.69) is 39.8 Å². The lowest BCUT2D eigenvalue weighted by Crippen LogP contribution is -3.11. The van der Waals surface area contributed by atoms with E-state index in [1.807, 2.05) is 46.1 Å². The second kappa shape index (κ2) is 9.76. The minimum absolute atomic E-state index is 0.140. The van der Waals surface area contributed by atoms with Crippen LogP contribution >= 0.6 is 0 Å². The molecule has 2 amide bonds. The van der Waals surface area contributed by atoms with Crippen molar-refractivity contribution in [1.29, 1.82) is 0 Å². The fourth-order valence-electron chi connectivity index (χ4n) is 4.00. The number of hydrogen-bond donors (Lipinski definition) is 3. The summed E-state index contributed by atoms with van der Waals surface area (Å²) in [5.74, 6) is -1.22. The van der Waals surface area contributed by atoms with E-state index in [1.165, 1.54) is 23.3 Å². The number of carbonyl (C=O) groups is 2. The molecule has 0 aromatic heterocycles. The number of nitrogens with zero attached hydrogens (tertiary/aromatic N) is 1. The average molecular weight is 410 g/mol. The Morgan fingerprint density at radius 3 is 2.30 bits per heavy atom. The van der Waals surface area contributed by atoms with Gasteiger partial charge in [-0.05, 0) is 43.2 Å². The molecule has 0 saturated carbocycles. The highest BCUT2D eigenvalue weighted by atomic mass is 16.2. The Hall–Kier alpha value is -2.86. The predicted molar refractivity (Wildman–Crippen MR) is 121 cm³/mol. The fourth-order valence-corrected chi connectivity index (χ4v) is 4.00. The standard InChI is InChI=1S/C24H32N4O2/c1-17-7-8-18(2)21(15-17)26-24(30)23(29)25-16-22(28-13-5-6-14-28)19-9-11-20(12-10-19)27(3)4/h7-12,15,22H,5-6,13-14,16H2,1-4H3,(H,25,29)(H,26,30)/p+1/t22-/m0/s1. The van der Waals surface area contributed by atoms with Crippen LogP contribution in [0.1, 0.15) is 35.6 Å². The molecule has 1 aliphatic rings. The highest BCUT2D eigenvalue weighted by Gasteiger charge is 2.28. The number of likely N-dealkylation sites (tertiary alicyclic amines) is 1. The number of amides is 2. The normalized spacial score (nSPS) is 14.9. The Morgan fingerprint density at radius 2 is 1.67 bits per heavy atom. The van der Waals surface area contributed by atoms with Crippen molar-refractivity contribution in [2.75, 3.05) is 43.9 Å². The maximum Gasteiger partial charge on any atom is 0.313 e. The number of quaternary nitrogens is 1. The van der Waals surface area contributed by atoms with Gasteiger partial charge in [-0.3, -0.25) is 9.59 Å². The molecule has 0 unspecified atom stereocenters. The largest absolute Gasteiger partial charge is 0.378 e. The van der Waals surface area contributed by atoms with Crippen LogP contribution in [0, 0.1) is 13.8 Å². The summed E-state index contributed by atoms with van der Waals surface area (Å²) >= 11 is 0. The molecular formula is C24H33N4O2+. The highest BCUT2D eigenvalue weighted by Crippen LogP contribution is 2.18. The summed E-state index contributed by atoms with van der Waals surface area (Å²) in [4.78, 5) is 28.5. The van der Waals surface area contributed by atoms with Gasteiger partial charge in [0.05, 0.1) is 19.6 Å². The molecule has 2 aromatic carbocycles. The van der Waals surface area contributed by atoms with Gasteiger partial charge in [0.25, 0.3) is 0 Å². The molecule has 1 heterocycles. The molecule has 0 aliphatic carbocycles. The lowest BCUT2D eigenvalue weighted by atomic mass is 10.0. The average Bonchev–Trinajstić information content (AvgIpc) is 3.25. The van der Waals surface area contributed by atoms with Crippen LogP contribution in [0.15, 0.2) is 42.5 Å². The molecule has 1 atom stereocenters. The molecule has 0 bridgehead atoms. The van der Waals surface area contributed by atoms with Gasteiger partial charge in [-0.15, -0.1) is 0 Å². The molecule has 1 aliphatic heterocycles. The molecule has 6 heteroatoms. The van der Waals surface area contributed by atoms with Gasteiger partial charge in [0.1, 0.15) is 6.04 Å². The summed E-state index contributed by atoms with van der Waals surface area (Å²) in [7, 11) is 4.04. The van der Waals surface area contributed by atoms with Gasteiger partial charge < -0.3 is 20.4 Å². The monoisotopic (exact) mass is 409 g/mol. The minimum Gasteiger partial charge on any atom is -0.378 e. The van der Waals surface area contributed by atoms with E-state index in [9.17, 15) is 9.59 Å². The van der Waals surface area contributed by atoms with Crippen molar-refractivity contribution in [2.45, 2.75) is 32.7 Å². The lowest BCUT2D eigenvalue weighted by Gasteiger charge is -2.25. The predicted octanol–water partition coefficient (Wildman–Crippen LogP) is 1.84. The third kappa shape index (κ3) is 5.39. The van der Waals surface area contributed by atoms with Crippen molar-refractivity contribution in [3.63, 3.8) is 0 Å². The first-order valence-electron chi connectivity index (χ1n) is 10.6. The van der Waals surface area contributed by atoms with E-state index in [4.69, 9.17) is 0 Å². The van der Waals surface area contributed by atoms with Crippen LogP contribution < -0.4 is 20.4 Å². The molecule has 30 heavy (non-hydrogen) atoms. The second-order valence-electron chi connectivity index (χ2n) is 8.39. The molecule has 2 aromatic rings. The molecule has 6 nitrogen and oxygen atoms in total. The van der Waals surface area contributed by atoms with Crippen LogP contribution in [0.5, 0.6) is 0 Å². The van der Waals surface area contributed by atoms with Crippen molar-refractivity contribution in [3.05, 3.63) is 59.2 Å². The molecule has 0 radical (unpaired) electrons. The first-order chi connectivity index (χ1) is 14.3. The smallest absolute Gasteiger partial charge is 0.313 e. The molecule has 3 rings (SSSR count). The topological polar surface area (TPSA) is 65.9 Å². The van der Waals surface area contributed by atoms with Crippen LogP contribution in [0.2, 0.25) is 0 Å². The van der Waals surface area contributed by atoms with Crippen molar-refractivity contribution >= 4 is 23.2 Å². The molecule has 1 saturated heterocycles. The Bertz CT molecular complexity index is 887. The number of anilines is 2. The third-order valence-corrected chi connectivity index (χ3v) is 5.86. The summed E-state index contributed by atoms with van der Waals surface area (Å²) in [6.07, 6.45) is 2.39. The lowest BCUT2D eigenvalue weighted by molar-refractivity contribution is -0.918. The number of rotatable bonds is 6. The van der Waals surface area contributed by atoms with Crippen LogP contribution in [0.3, 0.4) is 0 Å². The van der Waals surface area contributed by atoms with Gasteiger partial charge in [-0.2, -0.15) is 0 Å². The van der Waals surface area contributed by atoms with Gasteiger partial charge in [0.2, 0.25) is 0 Å². The number of carbonyl (C=O) groups excluding carboxylic acids is 2. The van der Waals surface area contributed by atoms with Gasteiger partial charge in [0, 0.05) is 43.9 Å². The molecule has 0 spiro atoms. The third-order valence-electron chi connectivity index (χ3n) is 5.86. The number of aryl methyl sites for hydroxylation is 2. The van der Waals surface area contributed by atoms with Crippen molar-refractivity contribution < 1.29 is 14.5 Å². The highest BCUT2D eigenvalue weighted by molar-refractivity contribution is 6.39. The maximum absolute atomic E-state index is 12.5. The summed E-state index contributed by atoms with van der Waals surface area (Å²) in [5.41, 5.74) is 4.98. The minimum atomic E-state index is -0.623. The summed E-state index contributed by atoms with van der Waals surface area (Å²) < 4.78 is 0. The molecular weight excluding hydrogens is 376 g/mol. The molecule has 3 N–H and O–H groups in total. The van der Waals surface area contributed by atoms with Crippen LogP contribution in [-0.2, 0) is 9.59 Å². The van der Waals surface area contributed by atoms with Gasteiger partial charge in [-0.1, -0.05) is 24.3 Å². The van der Waals surface area contributed by atoms with E-state index in [-0.39, 0.29) is 6.04 Å². The van der Waals surface area contributed by atoms with E-state index in [0.29, 0.717) is 12.2 Å². The quantitative estimate of drug-likeness (QED) is 0.638. The zero-order chi connectivity index (χ0) is 21.7. The Balaban J connectivity index is 1.66. The summed E-state index contributed by atoms with van der Waals surface area (Å²) in [6, 6.07) is 14.4. The van der Waals surface area contributed by atoms with Crippen molar-refractivity contribution in [2.24, 2.45) is 0 Å². The van der Waals surface area contributed by atoms with Gasteiger partial charge >= 0.3 is 11.8 Å². The van der Waals surface area contributed by atoms with Crippen LogP contribution in [-0.4, -0.2) is 45.5 Å². The zero-order valence-electron chi connectivity index (χ0n) is 18.4. The first kappa shape index (κ1) is 21.8. The maximum atomic E-state index is 12.5. The Labute approximate surface area is 179 Å². The van der Waals surface area contributed by atoms with Crippen molar-refractivity contribution in [1.82, 2.24) is 5.32 Å². The zero-order valence-corrected chi connectivity index (χ0v) is 18.4. The van der Waals surface area contributed by atoms with E-state index < -0.39 is 11.8 Å². The van der Waals surface area contributed by atoms with Gasteiger partial charge in [-0.25, -0.2) is 0 Å². The second-order valence-corrected chi connectivity index (χ2v) is 8.39. The Kier molecular flexibility index (Phi) is 7.11. The van der Waals surface area contributed by atoms with E-state index >= 15 is 0 Å². The first-order valence-corrected chi connectivity index (χ1v) is 10.6. The number of nitrogens with one attached hydrogen (secondary N) is 3. The van der Waals surface area contributed by atoms with Crippen molar-refractivity contribution in [3.8, 4) is 0 Å². The van der Waals surface area contributed by atoms with Gasteiger partial charge in [0.15, 0.2) is 0 Å². The van der Waals surface area contributed by atoms with Crippen LogP contribution in [0.4, 0.5) is 11.4 Å². The van der Waals surface area contributed by atoms with E-state index in [1.54, 1.807) is 0 Å². The summed E-state index contributed by atoms with van der Waals surface area (Å²) in [6.45, 7) is 6.49. The number of hydrogen-bond acceptors (Lipinski definition) is 3. The fraction of sp³-hybridized carbons (Fsp3) is 0.417. The molecule has 1 fully saturated rings. The summed E-state index contributed by atoms with van der Waals surface area (Å²) in [5, 5.41) is 5.61. The Morgan fingerprint density at radius 1 is 1.00 bits per heavy atom. The van der Waals surface area contributed by atoms with E-state index in [0.717, 1.165) is 29.9 Å². The van der Waals surface area contributed by atoms with Crippen LogP contribution in [0.25, 0.3) is 0 Å². The SMILES string of the molecule is Cc1ccc(C)c(NC(=O)C(=O)NC[C@@H](c2ccc(N(C)C)cc2)[NH+]2CCCC2)c1. The number of benzene rings is 2. The molecule has 160 valence electrons.